The summed E-state index contributed by atoms with van der Waals surface area (Å²) >= 11 is 0. The maximum absolute atomic E-state index is 11.7. The van der Waals surface area contributed by atoms with E-state index in [0.717, 1.165) is 16.7 Å². The number of amides is 2. The van der Waals surface area contributed by atoms with Gasteiger partial charge in [0.15, 0.2) is 17.7 Å². The van der Waals surface area contributed by atoms with Crippen LogP contribution < -0.4 is 19.7 Å². The van der Waals surface area contributed by atoms with Crippen molar-refractivity contribution < 1.29 is 14.3 Å². The second-order valence-corrected chi connectivity index (χ2v) is 5.44. The van der Waals surface area contributed by atoms with Crippen molar-refractivity contribution in [3.63, 3.8) is 0 Å². The summed E-state index contributed by atoms with van der Waals surface area (Å²) in [4.78, 5) is 24.1. The number of nitrogens with one attached hydrogen (secondary N) is 1. The molecule has 0 aliphatic carbocycles. The first-order valence-electron chi connectivity index (χ1n) is 7.73. The number of nitriles is 1. The zero-order chi connectivity index (χ0) is 17.8. The molecule has 0 bridgehead atoms. The van der Waals surface area contributed by atoms with Gasteiger partial charge in [0.1, 0.15) is 12.1 Å². The molecule has 1 fully saturated rings. The minimum Gasteiger partial charge on any atom is -0.493 e. The zero-order valence-electron chi connectivity index (χ0n) is 14.0. The molecule has 3 rings (SSSR count). The molecule has 0 atom stereocenters. The third kappa shape index (κ3) is 3.19. The van der Waals surface area contributed by atoms with Crippen molar-refractivity contribution in [1.82, 2.24) is 20.2 Å². The van der Waals surface area contributed by atoms with Crippen molar-refractivity contribution in [3.8, 4) is 17.7 Å². The van der Waals surface area contributed by atoms with Gasteiger partial charge in [-0.2, -0.15) is 5.26 Å². The Kier molecular flexibility index (Phi) is 4.70. The van der Waals surface area contributed by atoms with Gasteiger partial charge in [0.2, 0.25) is 0 Å². The molecular weight excluding hydrogens is 324 g/mol. The summed E-state index contributed by atoms with van der Waals surface area (Å²) in [7, 11) is 3.16. The van der Waals surface area contributed by atoms with Crippen LogP contribution >= 0.6 is 0 Å². The fraction of sp³-hybridized carbons (Fsp3) is 0.375. The zero-order valence-corrected chi connectivity index (χ0v) is 14.0. The molecule has 2 aromatic rings. The Balaban J connectivity index is 1.87. The van der Waals surface area contributed by atoms with Crippen LogP contribution in [-0.4, -0.2) is 61.3 Å². The van der Waals surface area contributed by atoms with E-state index in [-0.39, 0.29) is 6.03 Å². The van der Waals surface area contributed by atoms with Crippen molar-refractivity contribution in [2.24, 2.45) is 0 Å². The van der Waals surface area contributed by atoms with Gasteiger partial charge in [0.05, 0.1) is 19.7 Å². The average molecular weight is 342 g/mol. The van der Waals surface area contributed by atoms with Crippen molar-refractivity contribution in [1.29, 1.82) is 5.26 Å². The molecule has 9 nitrogen and oxygen atoms in total. The van der Waals surface area contributed by atoms with Gasteiger partial charge >= 0.3 is 6.03 Å². The molecule has 130 valence electrons. The lowest BCUT2D eigenvalue weighted by atomic mass is 10.2. The molecule has 0 spiro atoms. The number of nitrogens with zero attached hydrogens (tertiary/aromatic N) is 5. The number of urea groups is 1. The number of piperazine rings is 1. The molecular formula is C16H18N6O3. The second kappa shape index (κ2) is 7.09. The topological polar surface area (TPSA) is 104 Å². The highest BCUT2D eigenvalue weighted by atomic mass is 16.5. The fourth-order valence-electron chi connectivity index (χ4n) is 2.87. The molecule has 1 aliphatic heterocycles. The van der Waals surface area contributed by atoms with Gasteiger partial charge in [-0.1, -0.05) is 0 Å². The third-order valence-corrected chi connectivity index (χ3v) is 4.15. The van der Waals surface area contributed by atoms with Crippen LogP contribution in [0.2, 0.25) is 0 Å². The van der Waals surface area contributed by atoms with Crippen LogP contribution in [0.15, 0.2) is 18.5 Å². The predicted octanol–water partition coefficient (Wildman–Crippen LogP) is 0.960. The summed E-state index contributed by atoms with van der Waals surface area (Å²) in [5.74, 6) is 2.00. The van der Waals surface area contributed by atoms with E-state index in [1.165, 1.54) is 6.33 Å². The van der Waals surface area contributed by atoms with Gasteiger partial charge in [-0.25, -0.2) is 20.1 Å². The number of anilines is 1. The Bertz CT molecular complexity index is 826. The first-order chi connectivity index (χ1) is 12.2. The lowest BCUT2D eigenvalue weighted by Gasteiger charge is -2.35. The number of aromatic nitrogens is 2. The summed E-state index contributed by atoms with van der Waals surface area (Å²) in [5, 5.41) is 11.6. The van der Waals surface area contributed by atoms with Gasteiger partial charge in [0.25, 0.3) is 0 Å². The molecule has 9 heteroatoms. The summed E-state index contributed by atoms with van der Waals surface area (Å²) in [5.41, 5.74) is 0.757. The van der Waals surface area contributed by atoms with E-state index in [9.17, 15) is 4.79 Å². The maximum atomic E-state index is 11.7. The number of rotatable bonds is 3. The van der Waals surface area contributed by atoms with Crippen LogP contribution in [0.5, 0.6) is 11.5 Å². The van der Waals surface area contributed by atoms with Crippen LogP contribution in [0.3, 0.4) is 0 Å². The quantitative estimate of drug-likeness (QED) is 0.654. The van der Waals surface area contributed by atoms with Gasteiger partial charge in [-0.3, -0.25) is 0 Å². The minimum atomic E-state index is -0.374. The van der Waals surface area contributed by atoms with Crippen LogP contribution in [0.4, 0.5) is 10.6 Å². The van der Waals surface area contributed by atoms with Crippen LogP contribution in [-0.2, 0) is 0 Å². The smallest absolute Gasteiger partial charge is 0.330 e. The monoisotopic (exact) mass is 342 g/mol. The Morgan fingerprint density at radius 2 is 1.84 bits per heavy atom. The number of benzene rings is 1. The molecule has 1 aromatic heterocycles. The molecule has 1 saturated heterocycles. The number of hydrogen-bond donors (Lipinski definition) is 1. The fourth-order valence-corrected chi connectivity index (χ4v) is 2.87. The lowest BCUT2D eigenvalue weighted by molar-refractivity contribution is 0.198. The van der Waals surface area contributed by atoms with Gasteiger partial charge in [-0.05, 0) is 6.07 Å². The van der Waals surface area contributed by atoms with Crippen molar-refractivity contribution in [2.75, 3.05) is 45.3 Å². The summed E-state index contributed by atoms with van der Waals surface area (Å²) in [6.07, 6.45) is 3.17. The summed E-state index contributed by atoms with van der Waals surface area (Å²) in [6.45, 7) is 2.23. The molecule has 25 heavy (non-hydrogen) atoms. The molecule has 2 amide bonds. The van der Waals surface area contributed by atoms with Crippen LogP contribution in [0.25, 0.3) is 10.9 Å². The molecule has 1 aliphatic rings. The van der Waals surface area contributed by atoms with Gasteiger partial charge in [-0.15, -0.1) is 0 Å². The number of methoxy groups -OCH3 is 2. The highest BCUT2D eigenvalue weighted by Crippen LogP contribution is 2.34. The van der Waals surface area contributed by atoms with E-state index in [2.05, 4.69) is 20.2 Å². The number of ether oxygens (including phenoxy) is 2. The van der Waals surface area contributed by atoms with Crippen LogP contribution in [0.1, 0.15) is 0 Å². The molecule has 0 unspecified atom stereocenters. The molecule has 1 N–H and O–H groups in total. The molecule has 0 radical (unpaired) electrons. The standard InChI is InChI=1S/C16H18N6O3/c1-24-13-7-11-12(8-14(13)25-2)19-10-20-15(11)21-3-5-22(6-4-21)16(23)18-9-17/h7-8,10H,3-6H2,1-2H3,(H,18,23). The van der Waals surface area contributed by atoms with E-state index in [1.54, 1.807) is 25.3 Å². The minimum absolute atomic E-state index is 0.374. The number of fused-ring (bicyclic) bond motifs is 1. The van der Waals surface area contributed by atoms with Crippen molar-refractivity contribution in [3.05, 3.63) is 18.5 Å². The third-order valence-electron chi connectivity index (χ3n) is 4.15. The Labute approximate surface area is 144 Å². The molecule has 1 aromatic carbocycles. The van der Waals surface area contributed by atoms with E-state index >= 15 is 0 Å². The Morgan fingerprint density at radius 1 is 1.16 bits per heavy atom. The van der Waals surface area contributed by atoms with E-state index in [4.69, 9.17) is 14.7 Å². The molecule has 2 heterocycles. The second-order valence-electron chi connectivity index (χ2n) is 5.44. The van der Waals surface area contributed by atoms with Gasteiger partial charge in [0, 0.05) is 37.6 Å². The first kappa shape index (κ1) is 16.6. The van der Waals surface area contributed by atoms with Crippen molar-refractivity contribution >= 4 is 22.8 Å². The maximum Gasteiger partial charge on any atom is 0.330 e. The largest absolute Gasteiger partial charge is 0.493 e. The van der Waals surface area contributed by atoms with Crippen molar-refractivity contribution in [2.45, 2.75) is 0 Å². The van der Waals surface area contributed by atoms with E-state index < -0.39 is 0 Å². The number of carbonyl (C=O) groups excluding carboxylic acids is 1. The number of hydrogen-bond acceptors (Lipinski definition) is 7. The summed E-state index contributed by atoms with van der Waals surface area (Å²) in [6, 6.07) is 3.30. The summed E-state index contributed by atoms with van der Waals surface area (Å²) < 4.78 is 10.7. The highest BCUT2D eigenvalue weighted by Gasteiger charge is 2.23. The van der Waals surface area contributed by atoms with E-state index in [1.807, 2.05) is 12.1 Å². The number of carbonyl (C=O) groups is 1. The molecule has 0 saturated carbocycles. The Morgan fingerprint density at radius 3 is 2.48 bits per heavy atom. The highest BCUT2D eigenvalue weighted by molar-refractivity contribution is 5.92. The normalized spacial score (nSPS) is 14.1. The SMILES string of the molecule is COc1cc2ncnc(N3CCN(C(=O)NC#N)CC3)c2cc1OC. The van der Waals surface area contributed by atoms with E-state index in [0.29, 0.717) is 37.7 Å². The van der Waals surface area contributed by atoms with Crippen LogP contribution in [0, 0.1) is 11.5 Å². The van der Waals surface area contributed by atoms with Gasteiger partial charge < -0.3 is 19.3 Å². The Hall–Kier alpha value is -3.28. The first-order valence-corrected chi connectivity index (χ1v) is 7.73. The lowest BCUT2D eigenvalue weighted by Crippen LogP contribution is -2.51. The predicted molar refractivity (Wildman–Crippen MR) is 90.6 cm³/mol. The average Bonchev–Trinajstić information content (AvgIpc) is 2.66.